The van der Waals surface area contributed by atoms with Crippen molar-refractivity contribution in [2.45, 2.75) is 55.9 Å². The zero-order valence-corrected chi connectivity index (χ0v) is 15.4. The lowest BCUT2D eigenvalue weighted by Crippen LogP contribution is -2.23. The van der Waals surface area contributed by atoms with Crippen molar-refractivity contribution < 1.29 is 14.6 Å². The molecule has 2 aromatic rings. The maximum Gasteiger partial charge on any atom is 0.303 e. The molecule has 25 heavy (non-hydrogen) atoms. The molecule has 1 atom stereocenters. The van der Waals surface area contributed by atoms with Gasteiger partial charge in [-0.1, -0.05) is 19.9 Å². The first kappa shape index (κ1) is 17.8. The molecule has 0 amide bonds. The number of benzene rings is 1. The van der Waals surface area contributed by atoms with Crippen LogP contribution in [-0.2, 0) is 11.2 Å². The van der Waals surface area contributed by atoms with Gasteiger partial charge in [-0.2, -0.15) is 0 Å². The summed E-state index contributed by atoms with van der Waals surface area (Å²) in [4.78, 5) is 15.5. The minimum atomic E-state index is -0.769. The Hall–Kier alpha value is -2.01. The molecular formula is C20H23NO3S. The van der Waals surface area contributed by atoms with Gasteiger partial charge in [0.05, 0.1) is 16.8 Å². The third-order valence-corrected chi connectivity index (χ3v) is 5.09. The molecule has 2 heterocycles. The molecule has 1 N–H and O–H groups in total. The summed E-state index contributed by atoms with van der Waals surface area (Å²) in [5, 5.41) is 10.4. The second-order valence-corrected chi connectivity index (χ2v) is 8.16. The van der Waals surface area contributed by atoms with E-state index >= 15 is 0 Å². The van der Waals surface area contributed by atoms with E-state index in [1.807, 2.05) is 30.3 Å². The summed E-state index contributed by atoms with van der Waals surface area (Å²) in [6.07, 6.45) is 2.49. The van der Waals surface area contributed by atoms with E-state index in [1.54, 1.807) is 11.8 Å². The van der Waals surface area contributed by atoms with E-state index in [0.29, 0.717) is 11.7 Å². The van der Waals surface area contributed by atoms with Gasteiger partial charge in [0.1, 0.15) is 5.75 Å². The topological polar surface area (TPSA) is 59.4 Å². The van der Waals surface area contributed by atoms with E-state index in [4.69, 9.17) is 14.8 Å². The molecule has 0 radical (unpaired) electrons. The van der Waals surface area contributed by atoms with Gasteiger partial charge < -0.3 is 9.84 Å². The van der Waals surface area contributed by atoms with E-state index in [-0.39, 0.29) is 12.5 Å². The van der Waals surface area contributed by atoms with Gasteiger partial charge in [0.2, 0.25) is 0 Å². The van der Waals surface area contributed by atoms with Crippen LogP contribution in [0.2, 0.25) is 0 Å². The zero-order valence-electron chi connectivity index (χ0n) is 14.6. The second-order valence-electron chi connectivity index (χ2n) is 6.56. The van der Waals surface area contributed by atoms with E-state index < -0.39 is 5.97 Å². The molecule has 0 saturated carbocycles. The molecule has 4 nitrogen and oxygen atoms in total. The van der Waals surface area contributed by atoms with Gasteiger partial charge in [-0.25, -0.2) is 4.98 Å². The molecule has 1 aliphatic rings. The first-order valence-corrected chi connectivity index (χ1v) is 9.54. The minimum Gasteiger partial charge on any atom is -0.490 e. The van der Waals surface area contributed by atoms with Crippen molar-refractivity contribution in [3.05, 3.63) is 42.0 Å². The van der Waals surface area contributed by atoms with Gasteiger partial charge in [0.25, 0.3) is 0 Å². The lowest BCUT2D eigenvalue weighted by molar-refractivity contribution is -0.137. The number of thioether (sulfide) groups is 1. The molecule has 1 aromatic heterocycles. The van der Waals surface area contributed by atoms with Gasteiger partial charge in [-0.05, 0) is 55.2 Å². The van der Waals surface area contributed by atoms with Crippen LogP contribution in [-0.4, -0.2) is 27.4 Å². The van der Waals surface area contributed by atoms with Crippen LogP contribution < -0.4 is 4.74 Å². The van der Waals surface area contributed by atoms with Crippen molar-refractivity contribution in [2.24, 2.45) is 0 Å². The summed E-state index contributed by atoms with van der Waals surface area (Å²) in [5.41, 5.74) is 3.24. The van der Waals surface area contributed by atoms with Crippen LogP contribution >= 0.6 is 11.8 Å². The first-order valence-electron chi connectivity index (χ1n) is 8.66. The Balaban J connectivity index is 1.75. The number of rotatable bonds is 6. The molecule has 0 bridgehead atoms. The first-order chi connectivity index (χ1) is 12.0. The van der Waals surface area contributed by atoms with Crippen LogP contribution in [0.25, 0.3) is 11.3 Å². The highest BCUT2D eigenvalue weighted by Crippen LogP contribution is 2.33. The molecule has 5 heteroatoms. The van der Waals surface area contributed by atoms with E-state index in [1.165, 1.54) is 5.56 Å². The number of fused-ring (bicyclic) bond motifs is 1. The monoisotopic (exact) mass is 357 g/mol. The Morgan fingerprint density at radius 2 is 2.20 bits per heavy atom. The fourth-order valence-corrected chi connectivity index (χ4v) is 3.77. The van der Waals surface area contributed by atoms with Crippen LogP contribution in [0.1, 0.15) is 38.7 Å². The average Bonchev–Trinajstić information content (AvgIpc) is 2.59. The highest BCUT2D eigenvalue weighted by molar-refractivity contribution is 7.99. The molecule has 0 saturated heterocycles. The van der Waals surface area contributed by atoms with Crippen molar-refractivity contribution >= 4 is 17.7 Å². The number of carboxylic acid groups (broad SMARTS) is 1. The molecule has 0 aliphatic carbocycles. The third-order valence-electron chi connectivity index (χ3n) is 4.15. The maximum atomic E-state index is 10.7. The number of aryl methyl sites for hydroxylation is 1. The summed E-state index contributed by atoms with van der Waals surface area (Å²) in [6, 6.07) is 12.3. The molecule has 0 spiro atoms. The lowest BCUT2D eigenvalue weighted by atomic mass is 9.97. The number of pyridine rings is 1. The van der Waals surface area contributed by atoms with E-state index in [0.717, 1.165) is 34.9 Å². The van der Waals surface area contributed by atoms with Gasteiger partial charge in [0, 0.05) is 17.2 Å². The van der Waals surface area contributed by atoms with Crippen LogP contribution in [0.4, 0.5) is 0 Å². The van der Waals surface area contributed by atoms with Crippen molar-refractivity contribution in [1.82, 2.24) is 4.98 Å². The molecule has 1 aliphatic heterocycles. The molecular weight excluding hydrogens is 334 g/mol. The van der Waals surface area contributed by atoms with Gasteiger partial charge in [0.15, 0.2) is 0 Å². The molecule has 1 unspecified atom stereocenters. The zero-order chi connectivity index (χ0) is 17.8. The second kappa shape index (κ2) is 7.91. The van der Waals surface area contributed by atoms with Gasteiger partial charge in [-0.15, -0.1) is 11.8 Å². The maximum absolute atomic E-state index is 10.7. The lowest BCUT2D eigenvalue weighted by Gasteiger charge is -2.26. The van der Waals surface area contributed by atoms with Crippen molar-refractivity contribution in [1.29, 1.82) is 0 Å². The quantitative estimate of drug-likeness (QED) is 0.752. The standard InChI is InChI=1S/C20H23NO3S/c1-13(2)25-19-5-3-4-17(21-19)14-7-10-18-15(12-14)6-8-16(24-18)9-11-20(22)23/h3-5,7,10,12-13,16H,6,8-9,11H2,1-2H3,(H,22,23). The molecule has 0 fully saturated rings. The van der Waals surface area contributed by atoms with Crippen LogP contribution in [0.3, 0.4) is 0 Å². The molecule has 3 rings (SSSR count). The van der Waals surface area contributed by atoms with E-state index in [2.05, 4.69) is 19.9 Å². The summed E-state index contributed by atoms with van der Waals surface area (Å²) in [7, 11) is 0. The predicted molar refractivity (Wildman–Crippen MR) is 100 cm³/mol. The summed E-state index contributed by atoms with van der Waals surface area (Å²) >= 11 is 1.76. The van der Waals surface area contributed by atoms with Crippen LogP contribution in [0.5, 0.6) is 5.75 Å². The fraction of sp³-hybridized carbons (Fsp3) is 0.400. The Kier molecular flexibility index (Phi) is 5.63. The highest BCUT2D eigenvalue weighted by atomic mass is 32.2. The number of aromatic nitrogens is 1. The molecule has 1 aromatic carbocycles. The number of carbonyl (C=O) groups is 1. The fourth-order valence-electron chi connectivity index (χ4n) is 2.97. The summed E-state index contributed by atoms with van der Waals surface area (Å²) in [6.45, 7) is 4.33. The van der Waals surface area contributed by atoms with Gasteiger partial charge >= 0.3 is 5.97 Å². The summed E-state index contributed by atoms with van der Waals surface area (Å²) < 4.78 is 5.96. The number of carboxylic acids is 1. The van der Waals surface area contributed by atoms with Gasteiger partial charge in [-0.3, -0.25) is 4.79 Å². The third kappa shape index (κ3) is 4.75. The van der Waals surface area contributed by atoms with Crippen LogP contribution in [0, 0.1) is 0 Å². The average molecular weight is 357 g/mol. The number of aliphatic carboxylic acids is 1. The smallest absolute Gasteiger partial charge is 0.303 e. The minimum absolute atomic E-state index is 0.00153. The highest BCUT2D eigenvalue weighted by Gasteiger charge is 2.21. The Bertz CT molecular complexity index is 760. The SMILES string of the molecule is CC(C)Sc1cccc(-c2ccc3c(c2)CCC(CCC(=O)O)O3)n1. The Labute approximate surface area is 152 Å². The molecule has 132 valence electrons. The van der Waals surface area contributed by atoms with Crippen LogP contribution in [0.15, 0.2) is 41.4 Å². The number of nitrogens with zero attached hydrogens (tertiary/aromatic N) is 1. The summed E-state index contributed by atoms with van der Waals surface area (Å²) in [5.74, 6) is 0.105. The number of hydrogen-bond acceptors (Lipinski definition) is 4. The largest absolute Gasteiger partial charge is 0.490 e. The normalized spacial score (nSPS) is 16.4. The van der Waals surface area contributed by atoms with E-state index in [9.17, 15) is 4.79 Å². The Morgan fingerprint density at radius 1 is 1.36 bits per heavy atom. The van der Waals surface area contributed by atoms with Crippen molar-refractivity contribution in [2.75, 3.05) is 0 Å². The van der Waals surface area contributed by atoms with Crippen molar-refractivity contribution in [3.8, 4) is 17.0 Å². The van der Waals surface area contributed by atoms with Crippen molar-refractivity contribution in [3.63, 3.8) is 0 Å². The number of hydrogen-bond donors (Lipinski definition) is 1. The number of ether oxygens (including phenoxy) is 1. The predicted octanol–water partition coefficient (Wildman–Crippen LogP) is 4.81. The Morgan fingerprint density at radius 3 is 2.96 bits per heavy atom.